The highest BCUT2D eigenvalue weighted by molar-refractivity contribution is 5.55. The molecule has 0 aliphatic heterocycles. The van der Waals surface area contributed by atoms with Crippen molar-refractivity contribution in [1.82, 2.24) is 9.97 Å². The third-order valence-corrected chi connectivity index (χ3v) is 3.18. The summed E-state index contributed by atoms with van der Waals surface area (Å²) in [5, 5.41) is 0. The second-order valence-electron chi connectivity index (χ2n) is 4.69. The number of nitrogens with zero attached hydrogens (tertiary/aromatic N) is 3. The molecule has 0 saturated heterocycles. The summed E-state index contributed by atoms with van der Waals surface area (Å²) in [5.74, 6) is 2.58. The second-order valence-corrected chi connectivity index (χ2v) is 4.69. The van der Waals surface area contributed by atoms with E-state index < -0.39 is 0 Å². The third-order valence-electron chi connectivity index (χ3n) is 3.18. The van der Waals surface area contributed by atoms with Crippen molar-refractivity contribution in [2.45, 2.75) is 0 Å². The van der Waals surface area contributed by atoms with E-state index in [-0.39, 0.29) is 0 Å². The zero-order valence-electron chi connectivity index (χ0n) is 12.2. The first kappa shape index (κ1) is 14.1. The average Bonchev–Trinajstić information content (AvgIpc) is 2.61. The Bertz CT molecular complexity index is 635. The van der Waals surface area contributed by atoms with E-state index in [0.29, 0.717) is 13.2 Å². The van der Waals surface area contributed by atoms with Crippen LogP contribution >= 0.6 is 0 Å². The van der Waals surface area contributed by atoms with E-state index in [0.717, 1.165) is 17.4 Å². The number of pyridine rings is 2. The van der Waals surface area contributed by atoms with Gasteiger partial charge in [0.2, 0.25) is 0 Å². The number of hydrogen-bond donors (Lipinski definition) is 0. The molecule has 0 amide bonds. The number of rotatable bonds is 6. The SMILES string of the molecule is c1ccc(OCCN(c2ccccn2)c2ccccn2)cc1. The van der Waals surface area contributed by atoms with Gasteiger partial charge >= 0.3 is 0 Å². The maximum absolute atomic E-state index is 5.78. The van der Waals surface area contributed by atoms with Gasteiger partial charge in [-0.3, -0.25) is 0 Å². The van der Waals surface area contributed by atoms with E-state index in [9.17, 15) is 0 Å². The van der Waals surface area contributed by atoms with Crippen LogP contribution in [0.25, 0.3) is 0 Å². The Labute approximate surface area is 130 Å². The molecule has 110 valence electrons. The summed E-state index contributed by atoms with van der Waals surface area (Å²) in [6.45, 7) is 1.22. The summed E-state index contributed by atoms with van der Waals surface area (Å²) in [6.07, 6.45) is 3.56. The third kappa shape index (κ3) is 3.61. The Morgan fingerprint density at radius 2 is 1.32 bits per heavy atom. The predicted octanol–water partition coefficient (Wildman–Crippen LogP) is 3.69. The van der Waals surface area contributed by atoms with Crippen LogP contribution in [0.3, 0.4) is 0 Å². The van der Waals surface area contributed by atoms with Gasteiger partial charge in [0.1, 0.15) is 24.0 Å². The van der Waals surface area contributed by atoms with Crippen LogP contribution in [0.15, 0.2) is 79.1 Å². The Morgan fingerprint density at radius 1 is 0.727 bits per heavy atom. The Morgan fingerprint density at radius 3 is 1.86 bits per heavy atom. The van der Waals surface area contributed by atoms with E-state index in [1.54, 1.807) is 12.4 Å². The number of ether oxygens (including phenoxy) is 1. The molecule has 0 unspecified atom stereocenters. The molecule has 0 radical (unpaired) electrons. The maximum Gasteiger partial charge on any atom is 0.134 e. The Balaban J connectivity index is 1.72. The minimum absolute atomic E-state index is 0.553. The number of para-hydroxylation sites is 1. The van der Waals surface area contributed by atoms with E-state index in [2.05, 4.69) is 9.97 Å². The van der Waals surface area contributed by atoms with E-state index >= 15 is 0 Å². The molecule has 0 aliphatic carbocycles. The average molecular weight is 291 g/mol. The van der Waals surface area contributed by atoms with Crippen molar-refractivity contribution in [2.24, 2.45) is 0 Å². The van der Waals surface area contributed by atoms with Crippen molar-refractivity contribution in [3.63, 3.8) is 0 Å². The lowest BCUT2D eigenvalue weighted by molar-refractivity contribution is 0.327. The maximum atomic E-state index is 5.78. The molecule has 2 heterocycles. The van der Waals surface area contributed by atoms with Crippen molar-refractivity contribution in [3.8, 4) is 5.75 Å². The molecule has 0 atom stereocenters. The molecule has 4 heteroatoms. The minimum Gasteiger partial charge on any atom is -0.492 e. The van der Waals surface area contributed by atoms with Crippen molar-refractivity contribution in [3.05, 3.63) is 79.1 Å². The smallest absolute Gasteiger partial charge is 0.134 e. The molecular formula is C18H17N3O. The largest absolute Gasteiger partial charge is 0.492 e. The summed E-state index contributed by atoms with van der Waals surface area (Å²) >= 11 is 0. The summed E-state index contributed by atoms with van der Waals surface area (Å²) < 4.78 is 5.78. The number of hydrogen-bond acceptors (Lipinski definition) is 4. The fraction of sp³-hybridized carbons (Fsp3) is 0.111. The molecule has 3 aromatic rings. The van der Waals surface area contributed by atoms with Crippen LogP contribution in [0.2, 0.25) is 0 Å². The molecule has 3 rings (SSSR count). The van der Waals surface area contributed by atoms with Crippen molar-refractivity contribution in [2.75, 3.05) is 18.1 Å². The van der Waals surface area contributed by atoms with Gasteiger partial charge in [-0.1, -0.05) is 30.3 Å². The first-order chi connectivity index (χ1) is 10.9. The van der Waals surface area contributed by atoms with Crippen molar-refractivity contribution >= 4 is 11.6 Å². The lowest BCUT2D eigenvalue weighted by atomic mass is 10.3. The fourth-order valence-electron chi connectivity index (χ4n) is 2.14. The van der Waals surface area contributed by atoms with Crippen LogP contribution in [0, 0.1) is 0 Å². The zero-order valence-corrected chi connectivity index (χ0v) is 12.2. The fourth-order valence-corrected chi connectivity index (χ4v) is 2.14. The molecule has 2 aromatic heterocycles. The van der Waals surface area contributed by atoms with Gasteiger partial charge in [0.15, 0.2) is 0 Å². The molecule has 0 fully saturated rings. The minimum atomic E-state index is 0.553. The highest BCUT2D eigenvalue weighted by Crippen LogP contribution is 2.20. The molecule has 0 bridgehead atoms. The molecular weight excluding hydrogens is 274 g/mol. The van der Waals surface area contributed by atoms with Crippen LogP contribution in [-0.4, -0.2) is 23.1 Å². The van der Waals surface area contributed by atoms with Crippen LogP contribution in [0.1, 0.15) is 0 Å². The molecule has 1 aromatic carbocycles. The summed E-state index contributed by atoms with van der Waals surface area (Å²) in [7, 11) is 0. The summed E-state index contributed by atoms with van der Waals surface area (Å²) in [6, 6.07) is 21.5. The number of anilines is 2. The first-order valence-electron chi connectivity index (χ1n) is 7.21. The topological polar surface area (TPSA) is 38.2 Å². The van der Waals surface area contributed by atoms with E-state index in [4.69, 9.17) is 4.74 Å². The molecule has 0 aliphatic rings. The van der Waals surface area contributed by atoms with E-state index in [1.807, 2.05) is 71.6 Å². The predicted molar refractivity (Wildman–Crippen MR) is 87.4 cm³/mol. The summed E-state index contributed by atoms with van der Waals surface area (Å²) in [4.78, 5) is 10.9. The van der Waals surface area contributed by atoms with Gasteiger partial charge in [-0.15, -0.1) is 0 Å². The second kappa shape index (κ2) is 7.22. The molecule has 0 N–H and O–H groups in total. The van der Waals surface area contributed by atoms with Crippen LogP contribution in [0.4, 0.5) is 11.6 Å². The monoisotopic (exact) mass is 291 g/mol. The van der Waals surface area contributed by atoms with Gasteiger partial charge in [-0.05, 0) is 36.4 Å². The van der Waals surface area contributed by atoms with E-state index in [1.165, 1.54) is 0 Å². The normalized spacial score (nSPS) is 10.2. The van der Waals surface area contributed by atoms with Crippen LogP contribution in [0.5, 0.6) is 5.75 Å². The van der Waals surface area contributed by atoms with Crippen LogP contribution < -0.4 is 9.64 Å². The Hall–Kier alpha value is -2.88. The van der Waals surface area contributed by atoms with Gasteiger partial charge in [-0.25, -0.2) is 9.97 Å². The molecule has 4 nitrogen and oxygen atoms in total. The molecule has 22 heavy (non-hydrogen) atoms. The molecule has 0 spiro atoms. The van der Waals surface area contributed by atoms with Crippen molar-refractivity contribution in [1.29, 1.82) is 0 Å². The quantitative estimate of drug-likeness (QED) is 0.694. The van der Waals surface area contributed by atoms with Gasteiger partial charge in [0, 0.05) is 12.4 Å². The lowest BCUT2D eigenvalue weighted by Gasteiger charge is -2.22. The van der Waals surface area contributed by atoms with Crippen LogP contribution in [-0.2, 0) is 0 Å². The molecule has 0 saturated carbocycles. The summed E-state index contributed by atoms with van der Waals surface area (Å²) in [5.41, 5.74) is 0. The number of benzene rings is 1. The highest BCUT2D eigenvalue weighted by Gasteiger charge is 2.11. The lowest BCUT2D eigenvalue weighted by Crippen LogP contribution is -2.25. The first-order valence-corrected chi connectivity index (χ1v) is 7.21. The van der Waals surface area contributed by atoms with Crippen molar-refractivity contribution < 1.29 is 4.74 Å². The van der Waals surface area contributed by atoms with Gasteiger partial charge in [0.05, 0.1) is 6.54 Å². The standard InChI is InChI=1S/C18H17N3O/c1-2-8-16(9-3-1)22-15-14-21(17-10-4-6-12-19-17)18-11-5-7-13-20-18/h1-13H,14-15H2. The highest BCUT2D eigenvalue weighted by atomic mass is 16.5. The van der Waals surface area contributed by atoms with Gasteiger partial charge in [-0.2, -0.15) is 0 Å². The van der Waals surface area contributed by atoms with Gasteiger partial charge in [0.25, 0.3) is 0 Å². The zero-order chi connectivity index (χ0) is 15.0. The number of aromatic nitrogens is 2. The van der Waals surface area contributed by atoms with Gasteiger partial charge < -0.3 is 9.64 Å². The Kier molecular flexibility index (Phi) is 4.62.